The zero-order valence-corrected chi connectivity index (χ0v) is 59.8. The van der Waals surface area contributed by atoms with Crippen LogP contribution < -0.4 is 26.6 Å². The van der Waals surface area contributed by atoms with Crippen molar-refractivity contribution in [2.24, 2.45) is 10.2 Å². The van der Waals surface area contributed by atoms with Crippen molar-refractivity contribution in [3.05, 3.63) is 114 Å². The molecule has 6 aromatic carbocycles. The van der Waals surface area contributed by atoms with Crippen LogP contribution in [0.25, 0.3) is 21.5 Å². The summed E-state index contributed by atoms with van der Waals surface area (Å²) in [6.07, 6.45) is 0. The number of nitrogens with one attached hydrogen (secondary N) is 5. The summed E-state index contributed by atoms with van der Waals surface area (Å²) in [6.45, 7) is -1.80. The largest absolute Gasteiger partial charge is 0.505 e. The fourth-order valence-corrected chi connectivity index (χ4v) is 15.6. The number of carboxylic acids is 2. The van der Waals surface area contributed by atoms with Crippen LogP contribution in [-0.4, -0.2) is 194 Å². The number of nitrogens with zero attached hydrogens (tertiary/aromatic N) is 11. The van der Waals surface area contributed by atoms with E-state index >= 15 is 0 Å². The minimum absolute atomic E-state index is 0.0000958. The molecule has 3 aromatic heterocycles. The summed E-state index contributed by atoms with van der Waals surface area (Å²) in [5.74, 6) is -9.05. The number of phenols is 1. The highest BCUT2D eigenvalue weighted by atomic mass is 35.5. The molecule has 53 heteroatoms. The molecule has 13 N–H and O–H groups in total. The number of halogens is 2. The molecule has 104 heavy (non-hydrogen) atoms. The summed E-state index contributed by atoms with van der Waals surface area (Å²) < 4.78 is 197. The number of hydrogen-bond donors (Lipinski definition) is 13. The fraction of sp³-hybridized carbons (Fsp3) is 0.157. The smallest absolute Gasteiger partial charge is 0.397 e. The van der Waals surface area contributed by atoms with Gasteiger partial charge in [-0.3, -0.25) is 18.2 Å². The number of aromatic hydroxyl groups is 1. The van der Waals surface area contributed by atoms with Crippen molar-refractivity contribution in [2.45, 2.75) is 46.9 Å². The van der Waals surface area contributed by atoms with Crippen molar-refractivity contribution >= 4 is 211 Å². The number of aromatic nitrogens is 9. The van der Waals surface area contributed by atoms with E-state index in [0.717, 1.165) is 42.5 Å². The summed E-state index contributed by atoms with van der Waals surface area (Å²) in [5, 5.41) is 65.4. The molecule has 0 radical (unpaired) electrons. The molecule has 0 saturated carbocycles. The van der Waals surface area contributed by atoms with Crippen molar-refractivity contribution in [3.8, 4) is 5.75 Å². The lowest BCUT2D eigenvalue weighted by atomic mass is 10.1. The van der Waals surface area contributed by atoms with Crippen LogP contribution in [0.2, 0.25) is 10.6 Å². The number of benzene rings is 6. The van der Waals surface area contributed by atoms with Gasteiger partial charge in [0.05, 0.1) is 62.0 Å². The van der Waals surface area contributed by atoms with Gasteiger partial charge in [0.15, 0.2) is 35.7 Å². The Labute approximate surface area is 607 Å². The standard InChI is InChI=1S/C51H44Cl2N16O26S9/c52-43-59-45(54-26-6-10-28(11-7-26)99(76,77)17-15-92-103(86,87)88)63-47(61-43)57-34(41(71)72)22-96-50-65-49(66-51(67-50)97-23-35(42(73)74)58-48-62-44(53)60-46(64-48)55-27-8-12-29(13-9-27)100(78,79)18-16-93-104(89,90)91)56-33-21-30(101(80,81)82)19-25-20-36(98-95-94-75)38(39(70)37(25)33)69-68-32-14-5-24-3-1-2-4-31(24)40(32)102(83,84)85/h1-14,19-21,34-35,70,75H,15-18,22-23H2,(H,71,72)(H,73,74)(H,80,81,82)(H,83,84,85)(H,86,87,88)(H,89,90,91)(H,56,65,66,67)(H2,54,57,59,61,63)(H2,55,58,60,62,64). The average Bonchev–Trinajstić information content (AvgIpc) is 0.756. The molecule has 0 saturated heterocycles. The van der Waals surface area contributed by atoms with Gasteiger partial charge in [-0.15, -0.1) is 14.6 Å². The van der Waals surface area contributed by atoms with Gasteiger partial charge in [-0.1, -0.05) is 58.9 Å². The molecule has 42 nitrogen and oxygen atoms in total. The lowest BCUT2D eigenvalue weighted by Crippen LogP contribution is -2.33. The molecule has 0 bridgehead atoms. The second-order valence-corrected chi connectivity index (χ2v) is 32.7. The van der Waals surface area contributed by atoms with E-state index in [1.807, 2.05) is 0 Å². The number of aliphatic carboxylic acids is 2. The first-order valence-corrected chi connectivity index (χ1v) is 40.1. The third-order valence-corrected chi connectivity index (χ3v) is 22.0. The molecule has 552 valence electrons. The van der Waals surface area contributed by atoms with E-state index in [1.54, 1.807) is 6.07 Å². The van der Waals surface area contributed by atoms with Crippen LogP contribution in [0, 0.1) is 0 Å². The Balaban J connectivity index is 1.05. The third-order valence-electron chi connectivity index (χ3n) is 13.1. The Bertz CT molecular complexity index is 5360. The van der Waals surface area contributed by atoms with E-state index in [-0.39, 0.29) is 71.1 Å². The lowest BCUT2D eigenvalue weighted by molar-refractivity contribution is -0.432. The van der Waals surface area contributed by atoms with Gasteiger partial charge in [0.2, 0.25) is 40.3 Å². The van der Waals surface area contributed by atoms with E-state index in [1.165, 1.54) is 54.6 Å². The van der Waals surface area contributed by atoms with E-state index < -0.39 is 187 Å². The number of rotatable bonds is 35. The molecule has 0 aliphatic rings. The van der Waals surface area contributed by atoms with Gasteiger partial charge >= 0.3 is 32.7 Å². The van der Waals surface area contributed by atoms with E-state index in [0.29, 0.717) is 28.9 Å². The van der Waals surface area contributed by atoms with Gasteiger partial charge in [-0.25, -0.2) is 40.0 Å². The van der Waals surface area contributed by atoms with E-state index in [2.05, 4.69) is 99.4 Å². The van der Waals surface area contributed by atoms with Crippen molar-refractivity contribution in [1.82, 2.24) is 44.9 Å². The van der Waals surface area contributed by atoms with Crippen LogP contribution in [0.5, 0.6) is 5.75 Å². The molecule has 2 atom stereocenters. The fourth-order valence-electron chi connectivity index (χ4n) is 8.65. The lowest BCUT2D eigenvalue weighted by Gasteiger charge is -2.17. The van der Waals surface area contributed by atoms with Crippen LogP contribution >= 0.6 is 58.8 Å². The van der Waals surface area contributed by atoms with Crippen LogP contribution in [-0.2, 0) is 88.0 Å². The number of hydrogen-bond acceptors (Lipinski definition) is 39. The molecule has 0 amide bonds. The maximum absolute atomic E-state index is 13.0. The first-order valence-electron chi connectivity index (χ1n) is 27.7. The molecular formula is C51H44Cl2N16O26S9. The Morgan fingerprint density at radius 1 is 0.529 bits per heavy atom. The van der Waals surface area contributed by atoms with Crippen LogP contribution in [0.4, 0.5) is 58.2 Å². The normalized spacial score (nSPS) is 13.0. The van der Waals surface area contributed by atoms with Gasteiger partial charge in [0.25, 0.3) is 20.2 Å². The number of anilines is 8. The minimum Gasteiger partial charge on any atom is -0.505 e. The summed E-state index contributed by atoms with van der Waals surface area (Å²) >= 11 is 13.7. The first kappa shape index (κ1) is 79.3. The summed E-state index contributed by atoms with van der Waals surface area (Å²) in [5.41, 5.74) is -1.32. The van der Waals surface area contributed by atoms with E-state index in [4.69, 9.17) is 37.6 Å². The SMILES string of the molecule is O=C(O)C(CSc1nc(Nc2cc(S(=O)(=O)O)cc3cc(SOOO)c(N=Nc4ccc5ccccc5c4S(=O)(=O)O)c(O)c23)nc(SCC(Nc2nc(Cl)nc(Nc3ccc(S(=O)(=O)CCOS(=O)(=O)O)cc3)n2)C(=O)O)n1)Nc1nc(Cl)nc(Nc2ccc(S(=O)(=O)CCOS(=O)(=O)O)cc2)n1. The van der Waals surface area contributed by atoms with Gasteiger partial charge in [-0.05, 0) is 107 Å². The topological polar surface area (TPSA) is 639 Å². The quantitative estimate of drug-likeness (QED) is 0.00495. The molecule has 0 fully saturated rings. The molecular weight excluding hydrogens is 1610 g/mol. The minimum atomic E-state index is -5.21. The number of azo groups is 1. The predicted octanol–water partition coefficient (Wildman–Crippen LogP) is 6.63. The summed E-state index contributed by atoms with van der Waals surface area (Å²) in [7, 11) is -28.4. The maximum Gasteiger partial charge on any atom is 0.397 e. The second kappa shape index (κ2) is 33.1. The Morgan fingerprint density at radius 3 is 1.47 bits per heavy atom. The summed E-state index contributed by atoms with van der Waals surface area (Å²) in [4.78, 5) is 60.6. The molecule has 3 heterocycles. The highest BCUT2D eigenvalue weighted by molar-refractivity contribution is 8.00. The Kier molecular flexibility index (Phi) is 25.2. The van der Waals surface area contributed by atoms with Crippen LogP contribution in [0.15, 0.2) is 148 Å². The second-order valence-electron chi connectivity index (χ2n) is 20.1. The number of carbonyl (C=O) groups is 2. The highest BCUT2D eigenvalue weighted by Gasteiger charge is 2.28. The summed E-state index contributed by atoms with van der Waals surface area (Å²) in [6, 6.07) is 17.3. The first-order chi connectivity index (χ1) is 48.8. The Hall–Kier alpha value is -8.82. The van der Waals surface area contributed by atoms with Gasteiger partial charge < -0.3 is 41.9 Å². The third kappa shape index (κ3) is 21.9. The van der Waals surface area contributed by atoms with Gasteiger partial charge in [-0.2, -0.15) is 78.5 Å². The van der Waals surface area contributed by atoms with Crippen molar-refractivity contribution in [1.29, 1.82) is 0 Å². The molecule has 2 unspecified atom stereocenters. The maximum atomic E-state index is 13.0. The van der Waals surface area contributed by atoms with Crippen molar-refractivity contribution in [2.75, 3.05) is 62.8 Å². The molecule has 9 rings (SSSR count). The average molecular weight is 1660 g/mol. The van der Waals surface area contributed by atoms with Crippen molar-refractivity contribution < 1.29 is 117 Å². The van der Waals surface area contributed by atoms with Crippen LogP contribution in [0.3, 0.4) is 0 Å². The highest BCUT2D eigenvalue weighted by Crippen LogP contribution is 2.48. The Morgan fingerprint density at radius 2 is 1.01 bits per heavy atom. The van der Waals surface area contributed by atoms with Crippen molar-refractivity contribution in [3.63, 3.8) is 0 Å². The van der Waals surface area contributed by atoms with Gasteiger partial charge in [0, 0.05) is 33.7 Å². The predicted molar refractivity (Wildman–Crippen MR) is 367 cm³/mol. The molecule has 0 aliphatic carbocycles. The van der Waals surface area contributed by atoms with Crippen LogP contribution in [0.1, 0.15) is 0 Å². The number of phenolic OH excluding ortho intramolecular Hbond substituents is 1. The van der Waals surface area contributed by atoms with Gasteiger partial charge in [0.1, 0.15) is 28.4 Å². The number of carboxylic acid groups (broad SMARTS) is 2. The zero-order chi connectivity index (χ0) is 75.7. The number of sulfone groups is 2. The number of fused-ring (bicyclic) bond motifs is 2. The zero-order valence-electron chi connectivity index (χ0n) is 51.0. The molecule has 0 aliphatic heterocycles. The molecule has 9 aromatic rings. The monoisotopic (exact) mass is 1650 g/mol. The van der Waals surface area contributed by atoms with E-state index in [9.17, 15) is 84.5 Å². The molecule has 0 spiro atoms. The number of thioether (sulfide) groups is 2.